The topological polar surface area (TPSA) is 44.8 Å². The normalized spacial score (nSPS) is 38.5. The minimum absolute atomic E-state index is 0.0757. The zero-order valence-corrected chi connectivity index (χ0v) is 11.9. The summed E-state index contributed by atoms with van der Waals surface area (Å²) in [5.74, 6) is -0.192. The van der Waals surface area contributed by atoms with Crippen LogP contribution in [0.1, 0.15) is 20.8 Å². The Morgan fingerprint density at radius 3 is 2.50 bits per heavy atom. The standard InChI is InChI=1S/C11H17IO4/c1-11(2,3)10(13)16-7-5-15-8-6(12)4-14-9(7)8/h6-9H,4-5H2,1-3H3/t6-,7-,8-,9-/m1/s1. The quantitative estimate of drug-likeness (QED) is 0.413. The lowest BCUT2D eigenvalue weighted by atomic mass is 9.97. The zero-order valence-electron chi connectivity index (χ0n) is 9.73. The van der Waals surface area contributed by atoms with Crippen LogP contribution in [0.25, 0.3) is 0 Å². The molecule has 0 unspecified atom stereocenters. The Bertz CT molecular complexity index is 286. The molecule has 0 amide bonds. The molecule has 0 saturated carbocycles. The van der Waals surface area contributed by atoms with E-state index in [0.717, 1.165) is 0 Å². The van der Waals surface area contributed by atoms with Gasteiger partial charge >= 0.3 is 5.97 Å². The highest BCUT2D eigenvalue weighted by atomic mass is 127. The number of rotatable bonds is 1. The van der Waals surface area contributed by atoms with Gasteiger partial charge in [0, 0.05) is 0 Å². The summed E-state index contributed by atoms with van der Waals surface area (Å²) in [5.41, 5.74) is -0.472. The molecule has 0 aromatic heterocycles. The van der Waals surface area contributed by atoms with Crippen LogP contribution < -0.4 is 0 Å². The van der Waals surface area contributed by atoms with Crippen LogP contribution >= 0.6 is 22.6 Å². The first-order chi connectivity index (χ1) is 7.39. The third-order valence-corrected chi connectivity index (χ3v) is 3.89. The van der Waals surface area contributed by atoms with Crippen molar-refractivity contribution >= 4 is 28.6 Å². The molecule has 92 valence electrons. The van der Waals surface area contributed by atoms with Gasteiger partial charge in [-0.3, -0.25) is 4.79 Å². The summed E-state index contributed by atoms with van der Waals surface area (Å²) >= 11 is 2.32. The number of carbonyl (C=O) groups excluding carboxylic acids is 1. The fraction of sp³-hybridized carbons (Fsp3) is 0.909. The minimum atomic E-state index is -0.472. The average molecular weight is 340 g/mol. The molecular weight excluding hydrogens is 323 g/mol. The van der Waals surface area contributed by atoms with Gasteiger partial charge in [0.2, 0.25) is 0 Å². The van der Waals surface area contributed by atoms with Gasteiger partial charge in [-0.15, -0.1) is 0 Å². The second-order valence-electron chi connectivity index (χ2n) is 5.31. The minimum Gasteiger partial charge on any atom is -0.457 e. The van der Waals surface area contributed by atoms with E-state index in [4.69, 9.17) is 14.2 Å². The number of hydrogen-bond donors (Lipinski definition) is 0. The highest BCUT2D eigenvalue weighted by Crippen LogP contribution is 2.33. The van der Waals surface area contributed by atoms with Gasteiger partial charge in [0.15, 0.2) is 6.10 Å². The molecule has 2 saturated heterocycles. The van der Waals surface area contributed by atoms with E-state index in [1.807, 2.05) is 20.8 Å². The van der Waals surface area contributed by atoms with E-state index in [9.17, 15) is 4.79 Å². The molecule has 0 radical (unpaired) electrons. The molecule has 2 aliphatic rings. The van der Waals surface area contributed by atoms with Crippen molar-refractivity contribution in [3.05, 3.63) is 0 Å². The third-order valence-electron chi connectivity index (χ3n) is 2.82. The lowest BCUT2D eigenvalue weighted by molar-refractivity contribution is -0.163. The monoisotopic (exact) mass is 340 g/mol. The summed E-state index contributed by atoms with van der Waals surface area (Å²) in [6.07, 6.45) is -0.233. The van der Waals surface area contributed by atoms with Crippen LogP contribution in [0.3, 0.4) is 0 Å². The largest absolute Gasteiger partial charge is 0.457 e. The predicted octanol–water partition coefficient (Wildman–Crippen LogP) is 1.55. The zero-order chi connectivity index (χ0) is 11.9. The molecule has 0 aromatic rings. The SMILES string of the molecule is CC(C)(C)C(=O)O[C@@H]1CO[C@H]2[C@@H]1OC[C@H]2I. The smallest absolute Gasteiger partial charge is 0.311 e. The molecule has 5 heteroatoms. The highest BCUT2D eigenvalue weighted by Gasteiger charge is 2.49. The van der Waals surface area contributed by atoms with Gasteiger partial charge in [-0.1, -0.05) is 22.6 Å². The van der Waals surface area contributed by atoms with Gasteiger partial charge in [-0.05, 0) is 20.8 Å². The first-order valence-electron chi connectivity index (χ1n) is 5.48. The molecule has 16 heavy (non-hydrogen) atoms. The second-order valence-corrected chi connectivity index (χ2v) is 6.91. The molecule has 0 aromatic carbocycles. The lowest BCUT2D eigenvalue weighted by Crippen LogP contribution is -2.36. The highest BCUT2D eigenvalue weighted by molar-refractivity contribution is 14.1. The van der Waals surface area contributed by atoms with Crippen molar-refractivity contribution in [1.82, 2.24) is 0 Å². The van der Waals surface area contributed by atoms with Crippen molar-refractivity contribution in [2.45, 2.75) is 43.0 Å². The fourth-order valence-corrected chi connectivity index (χ4v) is 2.66. The molecule has 4 nitrogen and oxygen atoms in total. The number of carbonyl (C=O) groups is 1. The van der Waals surface area contributed by atoms with Crippen molar-refractivity contribution in [3.8, 4) is 0 Å². The maximum atomic E-state index is 11.8. The van der Waals surface area contributed by atoms with Crippen LogP contribution in [0.4, 0.5) is 0 Å². The molecule has 2 heterocycles. The maximum Gasteiger partial charge on any atom is 0.311 e. The lowest BCUT2D eigenvalue weighted by Gasteiger charge is -2.22. The van der Waals surface area contributed by atoms with E-state index in [1.165, 1.54) is 0 Å². The molecule has 0 bridgehead atoms. The van der Waals surface area contributed by atoms with Crippen LogP contribution in [0, 0.1) is 5.41 Å². The Kier molecular flexibility index (Phi) is 3.47. The van der Waals surface area contributed by atoms with Gasteiger partial charge in [0.25, 0.3) is 0 Å². The fourth-order valence-electron chi connectivity index (χ4n) is 1.83. The second kappa shape index (κ2) is 4.42. The average Bonchev–Trinajstić information content (AvgIpc) is 2.70. The van der Waals surface area contributed by atoms with E-state index < -0.39 is 5.41 Å². The number of fused-ring (bicyclic) bond motifs is 1. The molecule has 0 spiro atoms. The van der Waals surface area contributed by atoms with Crippen LogP contribution in [-0.4, -0.2) is 41.4 Å². The van der Waals surface area contributed by atoms with Crippen LogP contribution in [-0.2, 0) is 19.0 Å². The number of hydrogen-bond acceptors (Lipinski definition) is 4. The van der Waals surface area contributed by atoms with Gasteiger partial charge < -0.3 is 14.2 Å². The Labute approximate surface area is 109 Å². The van der Waals surface area contributed by atoms with Gasteiger partial charge in [-0.2, -0.15) is 0 Å². The number of esters is 1. The van der Waals surface area contributed by atoms with Crippen molar-refractivity contribution in [2.24, 2.45) is 5.41 Å². The van der Waals surface area contributed by atoms with Crippen molar-refractivity contribution in [2.75, 3.05) is 13.2 Å². The van der Waals surface area contributed by atoms with Crippen molar-refractivity contribution in [3.63, 3.8) is 0 Å². The van der Waals surface area contributed by atoms with Gasteiger partial charge in [0.05, 0.1) is 22.6 Å². The summed E-state index contributed by atoms with van der Waals surface area (Å²) in [6.45, 7) is 6.67. The molecule has 2 fully saturated rings. The van der Waals surface area contributed by atoms with Crippen LogP contribution in [0.5, 0.6) is 0 Å². The summed E-state index contributed by atoms with van der Waals surface area (Å²) in [7, 11) is 0. The van der Waals surface area contributed by atoms with E-state index >= 15 is 0 Å². The number of alkyl halides is 1. The molecule has 4 atom stereocenters. The first-order valence-corrected chi connectivity index (χ1v) is 6.72. The summed E-state index contributed by atoms with van der Waals surface area (Å²) < 4.78 is 17.0. The van der Waals surface area contributed by atoms with Crippen molar-refractivity contribution < 1.29 is 19.0 Å². The Balaban J connectivity index is 1.95. The summed E-state index contributed by atoms with van der Waals surface area (Å²) in [6, 6.07) is 0. The molecule has 2 aliphatic heterocycles. The summed E-state index contributed by atoms with van der Waals surface area (Å²) in [4.78, 5) is 11.8. The third kappa shape index (κ3) is 2.36. The number of halogens is 1. The molecule has 0 aliphatic carbocycles. The van der Waals surface area contributed by atoms with Gasteiger partial charge in [0.1, 0.15) is 12.2 Å². The Morgan fingerprint density at radius 2 is 1.88 bits per heavy atom. The Morgan fingerprint density at radius 1 is 1.25 bits per heavy atom. The molecule has 0 N–H and O–H groups in total. The van der Waals surface area contributed by atoms with E-state index in [2.05, 4.69) is 22.6 Å². The first kappa shape index (κ1) is 12.6. The summed E-state index contributed by atoms with van der Waals surface area (Å²) in [5, 5.41) is 0. The van der Waals surface area contributed by atoms with E-state index in [-0.39, 0.29) is 24.3 Å². The van der Waals surface area contributed by atoms with Crippen LogP contribution in [0.15, 0.2) is 0 Å². The molecule has 2 rings (SSSR count). The van der Waals surface area contributed by atoms with Crippen molar-refractivity contribution in [1.29, 1.82) is 0 Å². The predicted molar refractivity (Wildman–Crippen MR) is 66.6 cm³/mol. The van der Waals surface area contributed by atoms with E-state index in [0.29, 0.717) is 17.1 Å². The maximum absolute atomic E-state index is 11.8. The van der Waals surface area contributed by atoms with E-state index in [1.54, 1.807) is 0 Å². The van der Waals surface area contributed by atoms with Crippen LogP contribution in [0.2, 0.25) is 0 Å². The number of ether oxygens (including phenoxy) is 3. The molecular formula is C11H17IO4. The Hall–Kier alpha value is 0.120. The van der Waals surface area contributed by atoms with Gasteiger partial charge in [-0.25, -0.2) is 0 Å².